The Morgan fingerprint density at radius 3 is 2.08 bits per heavy atom. The molecule has 0 amide bonds. The lowest BCUT2D eigenvalue weighted by Crippen LogP contribution is -2.02. The second kappa shape index (κ2) is 6.23. The SMILES string of the molecule is C=C(NC)c1ccc(F)cc1.CC. The third kappa shape index (κ3) is 3.74. The quantitative estimate of drug-likeness (QED) is 0.739. The number of hydrogen-bond acceptors (Lipinski definition) is 1. The number of halogens is 1. The Bertz CT molecular complexity index is 251. The summed E-state index contributed by atoms with van der Waals surface area (Å²) in [4.78, 5) is 0. The second-order valence-corrected chi connectivity index (χ2v) is 2.24. The van der Waals surface area contributed by atoms with Crippen molar-refractivity contribution in [3.8, 4) is 0 Å². The molecule has 0 saturated heterocycles. The number of rotatable bonds is 2. The zero-order valence-corrected chi connectivity index (χ0v) is 8.39. The molecular weight excluding hydrogens is 165 g/mol. The molecule has 0 radical (unpaired) electrons. The van der Waals surface area contributed by atoms with Crippen molar-refractivity contribution in [1.82, 2.24) is 5.32 Å². The predicted octanol–water partition coefficient (Wildman–Crippen LogP) is 3.04. The molecule has 1 nitrogen and oxygen atoms in total. The van der Waals surface area contributed by atoms with E-state index in [9.17, 15) is 4.39 Å². The first-order valence-electron chi connectivity index (χ1n) is 4.36. The molecule has 0 saturated carbocycles. The van der Waals surface area contributed by atoms with Gasteiger partial charge in [0.1, 0.15) is 5.82 Å². The summed E-state index contributed by atoms with van der Waals surface area (Å²) in [5.41, 5.74) is 1.71. The van der Waals surface area contributed by atoms with Crippen LogP contribution in [0.5, 0.6) is 0 Å². The van der Waals surface area contributed by atoms with Gasteiger partial charge < -0.3 is 5.32 Å². The van der Waals surface area contributed by atoms with Crippen LogP contribution in [0.4, 0.5) is 4.39 Å². The molecule has 0 aliphatic carbocycles. The van der Waals surface area contributed by atoms with E-state index in [-0.39, 0.29) is 5.82 Å². The van der Waals surface area contributed by atoms with Crippen molar-refractivity contribution >= 4 is 5.70 Å². The first kappa shape index (κ1) is 11.7. The van der Waals surface area contributed by atoms with Crippen molar-refractivity contribution in [3.63, 3.8) is 0 Å². The molecule has 13 heavy (non-hydrogen) atoms. The molecule has 0 aliphatic rings. The summed E-state index contributed by atoms with van der Waals surface area (Å²) in [6.07, 6.45) is 0. The second-order valence-electron chi connectivity index (χ2n) is 2.24. The molecule has 0 aliphatic heterocycles. The van der Waals surface area contributed by atoms with Gasteiger partial charge in [-0.3, -0.25) is 0 Å². The van der Waals surface area contributed by atoms with Crippen molar-refractivity contribution in [2.45, 2.75) is 13.8 Å². The average molecular weight is 181 g/mol. The Kier molecular flexibility index (Phi) is 5.60. The zero-order valence-electron chi connectivity index (χ0n) is 8.39. The van der Waals surface area contributed by atoms with Crippen LogP contribution >= 0.6 is 0 Å². The molecule has 0 bridgehead atoms. The molecule has 0 spiro atoms. The van der Waals surface area contributed by atoms with Gasteiger partial charge in [0.2, 0.25) is 0 Å². The summed E-state index contributed by atoms with van der Waals surface area (Å²) in [5.74, 6) is -0.224. The Morgan fingerprint density at radius 1 is 1.23 bits per heavy atom. The third-order valence-electron chi connectivity index (χ3n) is 1.49. The fourth-order valence-corrected chi connectivity index (χ4v) is 0.795. The van der Waals surface area contributed by atoms with Gasteiger partial charge in [-0.15, -0.1) is 0 Å². The fourth-order valence-electron chi connectivity index (χ4n) is 0.795. The highest BCUT2D eigenvalue weighted by Gasteiger charge is 1.94. The average Bonchev–Trinajstić information content (AvgIpc) is 2.21. The van der Waals surface area contributed by atoms with E-state index in [1.54, 1.807) is 19.2 Å². The molecule has 0 atom stereocenters. The van der Waals surface area contributed by atoms with E-state index in [0.29, 0.717) is 0 Å². The summed E-state index contributed by atoms with van der Waals surface area (Å²) < 4.78 is 12.4. The highest BCUT2D eigenvalue weighted by molar-refractivity contribution is 5.60. The summed E-state index contributed by atoms with van der Waals surface area (Å²) >= 11 is 0. The third-order valence-corrected chi connectivity index (χ3v) is 1.49. The smallest absolute Gasteiger partial charge is 0.123 e. The van der Waals surface area contributed by atoms with E-state index in [1.165, 1.54) is 12.1 Å². The minimum absolute atomic E-state index is 0.224. The lowest BCUT2D eigenvalue weighted by Gasteiger charge is -2.03. The Balaban J connectivity index is 0.000000671. The van der Waals surface area contributed by atoms with Gasteiger partial charge in [0.25, 0.3) is 0 Å². The maximum absolute atomic E-state index is 12.4. The van der Waals surface area contributed by atoms with Gasteiger partial charge in [-0.25, -0.2) is 4.39 Å². The molecule has 1 aromatic rings. The maximum atomic E-state index is 12.4. The van der Waals surface area contributed by atoms with E-state index < -0.39 is 0 Å². The van der Waals surface area contributed by atoms with Gasteiger partial charge in [-0.2, -0.15) is 0 Å². The zero-order chi connectivity index (χ0) is 10.3. The predicted molar refractivity (Wildman–Crippen MR) is 55.8 cm³/mol. The lowest BCUT2D eigenvalue weighted by molar-refractivity contribution is 0.627. The van der Waals surface area contributed by atoms with Gasteiger partial charge in [0.15, 0.2) is 0 Å². The van der Waals surface area contributed by atoms with Gasteiger partial charge in [0, 0.05) is 12.7 Å². The van der Waals surface area contributed by atoms with Crippen LogP contribution in [-0.4, -0.2) is 7.05 Å². The van der Waals surface area contributed by atoms with E-state index in [4.69, 9.17) is 0 Å². The number of benzene rings is 1. The van der Waals surface area contributed by atoms with E-state index in [0.717, 1.165) is 11.3 Å². The van der Waals surface area contributed by atoms with Crippen molar-refractivity contribution in [2.75, 3.05) is 7.05 Å². The van der Waals surface area contributed by atoms with Crippen molar-refractivity contribution in [3.05, 3.63) is 42.2 Å². The highest BCUT2D eigenvalue weighted by Crippen LogP contribution is 2.08. The Labute approximate surface area is 79.3 Å². The van der Waals surface area contributed by atoms with Crippen LogP contribution in [0.1, 0.15) is 19.4 Å². The van der Waals surface area contributed by atoms with Crippen LogP contribution in [0, 0.1) is 5.82 Å². The van der Waals surface area contributed by atoms with E-state index in [2.05, 4.69) is 11.9 Å². The first-order chi connectivity index (χ1) is 6.24. The van der Waals surface area contributed by atoms with Crippen LogP contribution in [0.2, 0.25) is 0 Å². The highest BCUT2D eigenvalue weighted by atomic mass is 19.1. The topological polar surface area (TPSA) is 12.0 Å². The Hall–Kier alpha value is -1.31. The van der Waals surface area contributed by atoms with E-state index in [1.807, 2.05) is 13.8 Å². The summed E-state index contributed by atoms with van der Waals surface area (Å²) in [6, 6.07) is 6.21. The maximum Gasteiger partial charge on any atom is 0.123 e. The molecule has 0 fully saturated rings. The first-order valence-corrected chi connectivity index (χ1v) is 4.36. The number of hydrogen-bond donors (Lipinski definition) is 1. The van der Waals surface area contributed by atoms with Crippen molar-refractivity contribution in [2.24, 2.45) is 0 Å². The summed E-state index contributed by atoms with van der Waals surface area (Å²) in [6.45, 7) is 7.74. The molecule has 0 unspecified atom stereocenters. The van der Waals surface area contributed by atoms with E-state index >= 15 is 0 Å². The molecule has 0 heterocycles. The molecule has 72 valence electrons. The van der Waals surface area contributed by atoms with Gasteiger partial charge >= 0.3 is 0 Å². The fraction of sp³-hybridized carbons (Fsp3) is 0.273. The molecule has 1 aromatic carbocycles. The molecule has 1 rings (SSSR count). The number of nitrogens with one attached hydrogen (secondary N) is 1. The standard InChI is InChI=1S/C9H10FN.C2H6/c1-7(11-2)8-3-5-9(10)6-4-8;1-2/h3-6,11H,1H2,2H3;1-2H3. The van der Waals surface area contributed by atoms with Crippen LogP contribution < -0.4 is 5.32 Å². The van der Waals surface area contributed by atoms with Crippen molar-refractivity contribution < 1.29 is 4.39 Å². The molecule has 0 aromatic heterocycles. The van der Waals surface area contributed by atoms with Gasteiger partial charge in [-0.05, 0) is 17.7 Å². The Morgan fingerprint density at radius 2 is 1.69 bits per heavy atom. The normalized spacial score (nSPS) is 8.31. The van der Waals surface area contributed by atoms with Crippen LogP contribution in [0.3, 0.4) is 0 Å². The molecular formula is C11H16FN. The van der Waals surface area contributed by atoms with Crippen molar-refractivity contribution in [1.29, 1.82) is 0 Å². The largest absolute Gasteiger partial charge is 0.388 e. The minimum atomic E-state index is -0.224. The van der Waals surface area contributed by atoms with Gasteiger partial charge in [-0.1, -0.05) is 32.6 Å². The van der Waals surface area contributed by atoms with Crippen LogP contribution in [-0.2, 0) is 0 Å². The lowest BCUT2D eigenvalue weighted by atomic mass is 10.2. The summed E-state index contributed by atoms with van der Waals surface area (Å²) in [7, 11) is 1.78. The monoisotopic (exact) mass is 181 g/mol. The molecule has 2 heteroatoms. The molecule has 1 N–H and O–H groups in total. The minimum Gasteiger partial charge on any atom is -0.388 e. The van der Waals surface area contributed by atoms with Crippen LogP contribution in [0.15, 0.2) is 30.8 Å². The van der Waals surface area contributed by atoms with Crippen LogP contribution in [0.25, 0.3) is 5.70 Å². The van der Waals surface area contributed by atoms with Gasteiger partial charge in [0.05, 0.1) is 0 Å². The summed E-state index contributed by atoms with van der Waals surface area (Å²) in [5, 5.41) is 2.88.